The van der Waals surface area contributed by atoms with E-state index in [1.54, 1.807) is 19.1 Å². The molecule has 1 N–H and O–H groups in total. The fraction of sp³-hybridized carbons (Fsp3) is 0.333. The summed E-state index contributed by atoms with van der Waals surface area (Å²) in [5.41, 5.74) is 1.56. The maximum Gasteiger partial charge on any atom is 0.264 e. The van der Waals surface area contributed by atoms with Crippen molar-refractivity contribution in [3.05, 3.63) is 88.9 Å². The van der Waals surface area contributed by atoms with E-state index in [9.17, 15) is 18.0 Å². The van der Waals surface area contributed by atoms with Crippen LogP contribution in [0.15, 0.2) is 77.7 Å². The van der Waals surface area contributed by atoms with Gasteiger partial charge in [-0.05, 0) is 88.7 Å². The normalized spacial score (nSPS) is 12.4. The number of hydrogen-bond donors (Lipinski definition) is 1. The van der Waals surface area contributed by atoms with Crippen molar-refractivity contribution in [3.63, 3.8) is 0 Å². The van der Waals surface area contributed by atoms with E-state index in [4.69, 9.17) is 16.3 Å². The SMILES string of the molecule is COc1ccc(S(=O)(=O)N(CC(=O)N(Cc2cccc(C)c2)[C@H](C)C(=O)NC(C)(C)C)c2ccc(Cl)cc2)cc1. The Morgan fingerprint density at radius 2 is 1.62 bits per heavy atom. The second-order valence-electron chi connectivity index (χ2n) is 10.6. The molecular formula is C30H36ClN3O5S. The molecule has 0 radical (unpaired) electrons. The number of aryl methyl sites for hydroxylation is 1. The Hall–Kier alpha value is -3.56. The molecule has 3 aromatic rings. The van der Waals surface area contributed by atoms with Gasteiger partial charge in [0.15, 0.2) is 0 Å². The van der Waals surface area contributed by atoms with E-state index in [1.807, 2.05) is 52.0 Å². The summed E-state index contributed by atoms with van der Waals surface area (Å²) in [6.45, 7) is 8.73. The van der Waals surface area contributed by atoms with Crippen LogP contribution in [0.1, 0.15) is 38.8 Å². The van der Waals surface area contributed by atoms with Crippen LogP contribution in [0.3, 0.4) is 0 Å². The van der Waals surface area contributed by atoms with Crippen molar-refractivity contribution < 1.29 is 22.7 Å². The smallest absolute Gasteiger partial charge is 0.264 e. The highest BCUT2D eigenvalue weighted by Gasteiger charge is 2.33. The van der Waals surface area contributed by atoms with Gasteiger partial charge in [0, 0.05) is 17.1 Å². The lowest BCUT2D eigenvalue weighted by Gasteiger charge is -2.33. The molecule has 8 nitrogen and oxygen atoms in total. The lowest BCUT2D eigenvalue weighted by Crippen LogP contribution is -2.54. The third-order valence-corrected chi connectivity index (χ3v) is 8.18. The lowest BCUT2D eigenvalue weighted by molar-refractivity contribution is -0.140. The second kappa shape index (κ2) is 12.7. The van der Waals surface area contributed by atoms with Gasteiger partial charge in [-0.25, -0.2) is 8.42 Å². The van der Waals surface area contributed by atoms with Crippen LogP contribution in [0.5, 0.6) is 5.75 Å². The molecule has 0 fully saturated rings. The zero-order chi connectivity index (χ0) is 29.7. The Kier molecular flexibility index (Phi) is 9.87. The van der Waals surface area contributed by atoms with Gasteiger partial charge in [-0.15, -0.1) is 0 Å². The molecule has 0 aromatic heterocycles. The summed E-state index contributed by atoms with van der Waals surface area (Å²) >= 11 is 6.07. The van der Waals surface area contributed by atoms with Gasteiger partial charge < -0.3 is 15.0 Å². The molecular weight excluding hydrogens is 550 g/mol. The van der Waals surface area contributed by atoms with Crippen LogP contribution >= 0.6 is 11.6 Å². The third kappa shape index (κ3) is 7.99. The van der Waals surface area contributed by atoms with Crippen LogP contribution in [-0.2, 0) is 26.2 Å². The second-order valence-corrected chi connectivity index (χ2v) is 12.9. The summed E-state index contributed by atoms with van der Waals surface area (Å²) in [5, 5.41) is 3.34. The molecule has 0 heterocycles. The van der Waals surface area contributed by atoms with E-state index >= 15 is 0 Å². The van der Waals surface area contributed by atoms with Crippen LogP contribution < -0.4 is 14.4 Å². The average molecular weight is 586 g/mol. The van der Waals surface area contributed by atoms with E-state index in [0.29, 0.717) is 10.8 Å². The molecule has 1 atom stereocenters. The van der Waals surface area contributed by atoms with Gasteiger partial charge in [-0.1, -0.05) is 41.4 Å². The monoisotopic (exact) mass is 585 g/mol. The fourth-order valence-corrected chi connectivity index (χ4v) is 5.62. The number of carbonyl (C=O) groups is 2. The lowest BCUT2D eigenvalue weighted by atomic mass is 10.1. The van der Waals surface area contributed by atoms with Gasteiger partial charge in [-0.3, -0.25) is 13.9 Å². The molecule has 0 spiro atoms. The number of anilines is 1. The number of methoxy groups -OCH3 is 1. The fourth-order valence-electron chi connectivity index (χ4n) is 4.07. The first kappa shape index (κ1) is 31.0. The molecule has 0 saturated heterocycles. The van der Waals surface area contributed by atoms with Crippen LogP contribution in [0.25, 0.3) is 0 Å². The molecule has 3 aromatic carbocycles. The summed E-state index contributed by atoms with van der Waals surface area (Å²) in [4.78, 5) is 28.5. The van der Waals surface area contributed by atoms with Crippen molar-refractivity contribution in [2.45, 2.75) is 57.6 Å². The summed E-state index contributed by atoms with van der Waals surface area (Å²) in [5.74, 6) is -0.384. The number of hydrogen-bond acceptors (Lipinski definition) is 5. The molecule has 2 amide bonds. The number of halogens is 1. The molecule has 3 rings (SSSR count). The number of sulfonamides is 1. The molecule has 0 bridgehead atoms. The Bertz CT molecular complexity index is 1440. The van der Waals surface area contributed by atoms with Gasteiger partial charge in [0.05, 0.1) is 17.7 Å². The first-order valence-electron chi connectivity index (χ1n) is 12.8. The highest BCUT2D eigenvalue weighted by Crippen LogP contribution is 2.27. The number of nitrogens with one attached hydrogen (secondary N) is 1. The number of benzene rings is 3. The van der Waals surface area contributed by atoms with Crippen molar-refractivity contribution in [2.24, 2.45) is 0 Å². The Labute approximate surface area is 241 Å². The predicted molar refractivity (Wildman–Crippen MR) is 158 cm³/mol. The summed E-state index contributed by atoms with van der Waals surface area (Å²) in [6, 6.07) is 18.9. The van der Waals surface area contributed by atoms with Crippen molar-refractivity contribution in [1.29, 1.82) is 0 Å². The Balaban J connectivity index is 2.03. The summed E-state index contributed by atoms with van der Waals surface area (Å²) < 4.78 is 33.9. The van der Waals surface area contributed by atoms with E-state index < -0.39 is 34.1 Å². The minimum absolute atomic E-state index is 0.0141. The van der Waals surface area contributed by atoms with E-state index in [-0.39, 0.29) is 23.0 Å². The van der Waals surface area contributed by atoms with Gasteiger partial charge in [0.2, 0.25) is 11.8 Å². The number of carbonyl (C=O) groups excluding carboxylic acids is 2. The molecule has 0 saturated carbocycles. The maximum absolute atomic E-state index is 14.0. The number of ether oxygens (including phenoxy) is 1. The highest BCUT2D eigenvalue weighted by molar-refractivity contribution is 7.92. The van der Waals surface area contributed by atoms with Crippen molar-refractivity contribution in [2.75, 3.05) is 18.0 Å². The summed E-state index contributed by atoms with van der Waals surface area (Å²) in [6.07, 6.45) is 0. The predicted octanol–water partition coefficient (Wildman–Crippen LogP) is 5.18. The van der Waals surface area contributed by atoms with Gasteiger partial charge in [-0.2, -0.15) is 0 Å². The van der Waals surface area contributed by atoms with E-state index in [1.165, 1.54) is 48.4 Å². The van der Waals surface area contributed by atoms with Crippen molar-refractivity contribution >= 4 is 39.1 Å². The van der Waals surface area contributed by atoms with Crippen molar-refractivity contribution in [1.82, 2.24) is 10.2 Å². The first-order chi connectivity index (χ1) is 18.7. The van der Waals surface area contributed by atoms with Crippen molar-refractivity contribution in [3.8, 4) is 5.75 Å². The molecule has 10 heteroatoms. The minimum Gasteiger partial charge on any atom is -0.497 e. The molecule has 214 valence electrons. The number of nitrogens with zero attached hydrogens (tertiary/aromatic N) is 2. The zero-order valence-corrected chi connectivity index (χ0v) is 25.2. The van der Waals surface area contributed by atoms with Gasteiger partial charge >= 0.3 is 0 Å². The minimum atomic E-state index is -4.19. The molecule has 40 heavy (non-hydrogen) atoms. The van der Waals surface area contributed by atoms with Crippen LogP contribution in [0, 0.1) is 6.92 Å². The van der Waals surface area contributed by atoms with Crippen LogP contribution in [-0.4, -0.2) is 50.4 Å². The van der Waals surface area contributed by atoms with E-state index in [2.05, 4.69) is 5.32 Å². The summed E-state index contributed by atoms with van der Waals surface area (Å²) in [7, 11) is -2.70. The third-order valence-electron chi connectivity index (χ3n) is 6.14. The molecule has 0 aliphatic heterocycles. The quantitative estimate of drug-likeness (QED) is 0.353. The standard InChI is InChI=1S/C30H36ClN3O5S/c1-21-8-7-9-23(18-21)19-33(22(2)29(36)32-30(3,4)5)28(35)20-34(25-12-10-24(31)11-13-25)40(37,38)27-16-14-26(39-6)15-17-27/h7-18,22H,19-20H2,1-6H3,(H,32,36)/t22-/m1/s1. The largest absolute Gasteiger partial charge is 0.497 e. The number of amides is 2. The van der Waals surface area contributed by atoms with Gasteiger partial charge in [0.25, 0.3) is 10.0 Å². The van der Waals surface area contributed by atoms with Gasteiger partial charge in [0.1, 0.15) is 18.3 Å². The number of rotatable bonds is 10. The van der Waals surface area contributed by atoms with E-state index in [0.717, 1.165) is 15.4 Å². The topological polar surface area (TPSA) is 96.0 Å². The molecule has 0 unspecified atom stereocenters. The molecule has 0 aliphatic carbocycles. The highest BCUT2D eigenvalue weighted by atomic mass is 35.5. The Morgan fingerprint density at radius 3 is 2.17 bits per heavy atom. The zero-order valence-electron chi connectivity index (χ0n) is 23.6. The van der Waals surface area contributed by atoms with Crippen LogP contribution in [0.2, 0.25) is 5.02 Å². The maximum atomic E-state index is 14.0. The molecule has 0 aliphatic rings. The average Bonchev–Trinajstić information content (AvgIpc) is 2.89. The first-order valence-corrected chi connectivity index (χ1v) is 14.6. The van der Waals surface area contributed by atoms with Crippen LogP contribution in [0.4, 0.5) is 5.69 Å². The Morgan fingerprint density at radius 1 is 1.00 bits per heavy atom.